The summed E-state index contributed by atoms with van der Waals surface area (Å²) in [5.41, 5.74) is 1.80. The van der Waals surface area contributed by atoms with Crippen LogP contribution in [0.15, 0.2) is 12.1 Å². The van der Waals surface area contributed by atoms with Crippen molar-refractivity contribution in [2.45, 2.75) is 32.2 Å². The predicted molar refractivity (Wildman–Crippen MR) is 115 cm³/mol. The Morgan fingerprint density at radius 1 is 1.26 bits per heavy atom. The second-order valence-electron chi connectivity index (χ2n) is 6.45. The number of likely N-dealkylation sites (tertiary alicyclic amines) is 1. The lowest BCUT2D eigenvalue weighted by atomic mass is 10.1. The zero-order chi connectivity index (χ0) is 20.0. The van der Waals surface area contributed by atoms with Gasteiger partial charge in [-0.2, -0.15) is 12.6 Å². The van der Waals surface area contributed by atoms with Gasteiger partial charge in [-0.25, -0.2) is 13.1 Å². The van der Waals surface area contributed by atoms with E-state index in [0.717, 1.165) is 17.7 Å². The molecule has 152 valence electrons. The molecule has 1 aromatic rings. The van der Waals surface area contributed by atoms with Crippen molar-refractivity contribution in [3.63, 3.8) is 0 Å². The van der Waals surface area contributed by atoms with Gasteiger partial charge in [-0.3, -0.25) is 4.79 Å². The molecule has 0 aliphatic carbocycles. The average molecular weight is 454 g/mol. The minimum atomic E-state index is -3.30. The van der Waals surface area contributed by atoms with Crippen LogP contribution in [0.25, 0.3) is 0 Å². The Balaban J connectivity index is 1.86. The first kappa shape index (κ1) is 22.6. The molecule has 10 heteroatoms. The van der Waals surface area contributed by atoms with Crippen LogP contribution >= 0.6 is 35.8 Å². The van der Waals surface area contributed by atoms with Crippen molar-refractivity contribution in [2.75, 3.05) is 36.5 Å². The molecule has 0 spiro atoms. The molecular weight excluding hydrogens is 429 g/mol. The van der Waals surface area contributed by atoms with E-state index in [2.05, 4.69) is 22.7 Å². The summed E-state index contributed by atoms with van der Waals surface area (Å²) >= 11 is 16.1. The lowest BCUT2D eigenvalue weighted by Gasteiger charge is -2.32. The van der Waals surface area contributed by atoms with Gasteiger partial charge >= 0.3 is 0 Å². The van der Waals surface area contributed by atoms with Crippen molar-refractivity contribution in [3.05, 3.63) is 27.7 Å². The number of carbonyl (C=O) groups excluding carboxylic acids is 1. The van der Waals surface area contributed by atoms with Crippen molar-refractivity contribution < 1.29 is 13.2 Å². The summed E-state index contributed by atoms with van der Waals surface area (Å²) in [5.74, 6) is 0.259. The van der Waals surface area contributed by atoms with Gasteiger partial charge in [0.2, 0.25) is 15.9 Å². The molecule has 1 aliphatic rings. The maximum Gasteiger partial charge on any atom is 0.241 e. The largest absolute Gasteiger partial charge is 0.376 e. The van der Waals surface area contributed by atoms with Crippen LogP contribution in [-0.2, 0) is 21.2 Å². The molecule has 6 nitrogen and oxygen atoms in total. The van der Waals surface area contributed by atoms with Gasteiger partial charge in [-0.15, -0.1) is 0 Å². The Morgan fingerprint density at radius 2 is 1.89 bits per heavy atom. The highest BCUT2D eigenvalue weighted by Gasteiger charge is 2.25. The molecule has 1 aromatic carbocycles. The monoisotopic (exact) mass is 453 g/mol. The molecule has 1 fully saturated rings. The summed E-state index contributed by atoms with van der Waals surface area (Å²) in [4.78, 5) is 14.2. The van der Waals surface area contributed by atoms with Crippen LogP contribution in [0.5, 0.6) is 0 Å². The molecule has 1 saturated heterocycles. The number of sulfonamides is 1. The smallest absolute Gasteiger partial charge is 0.241 e. The van der Waals surface area contributed by atoms with E-state index in [1.165, 1.54) is 0 Å². The molecule has 0 atom stereocenters. The summed E-state index contributed by atoms with van der Waals surface area (Å²) in [5, 5.41) is 4.08. The number of thiol groups is 1. The summed E-state index contributed by atoms with van der Waals surface area (Å²) in [6, 6.07) is 3.41. The maximum absolute atomic E-state index is 12.5. The van der Waals surface area contributed by atoms with Crippen molar-refractivity contribution in [1.29, 1.82) is 0 Å². The molecule has 2 N–H and O–H groups in total. The third-order valence-electron chi connectivity index (χ3n) is 4.51. The Bertz CT molecular complexity index is 767. The zero-order valence-corrected chi connectivity index (χ0v) is 18.4. The summed E-state index contributed by atoms with van der Waals surface area (Å²) in [7, 11) is -3.30. The minimum absolute atomic E-state index is 0.00257. The van der Waals surface area contributed by atoms with E-state index in [4.69, 9.17) is 23.2 Å². The number of anilines is 1. The van der Waals surface area contributed by atoms with E-state index in [9.17, 15) is 13.2 Å². The van der Waals surface area contributed by atoms with Crippen molar-refractivity contribution >= 4 is 57.4 Å². The summed E-state index contributed by atoms with van der Waals surface area (Å²) in [6.07, 6.45) is 1.97. The third-order valence-corrected chi connectivity index (χ3v) is 7.19. The van der Waals surface area contributed by atoms with E-state index in [-0.39, 0.29) is 30.0 Å². The van der Waals surface area contributed by atoms with Gasteiger partial charge in [0.25, 0.3) is 0 Å². The average Bonchev–Trinajstić information content (AvgIpc) is 2.62. The molecule has 1 aliphatic heterocycles. The Labute approximate surface area is 176 Å². The molecule has 0 saturated carbocycles. The summed E-state index contributed by atoms with van der Waals surface area (Å²) < 4.78 is 26.3. The Morgan fingerprint density at radius 3 is 2.48 bits per heavy atom. The number of carbonyl (C=O) groups is 1. The fourth-order valence-corrected chi connectivity index (χ4v) is 5.18. The van der Waals surface area contributed by atoms with Gasteiger partial charge in [0.15, 0.2) is 0 Å². The van der Waals surface area contributed by atoms with Gasteiger partial charge in [-0.05, 0) is 37.0 Å². The highest BCUT2D eigenvalue weighted by molar-refractivity contribution is 7.90. The van der Waals surface area contributed by atoms with Gasteiger partial charge in [-0.1, -0.05) is 30.1 Å². The number of rotatable bonds is 8. The van der Waals surface area contributed by atoms with Crippen molar-refractivity contribution in [3.8, 4) is 0 Å². The van der Waals surface area contributed by atoms with Crippen LogP contribution < -0.4 is 10.0 Å². The number of piperidine rings is 1. The van der Waals surface area contributed by atoms with E-state index in [1.807, 2.05) is 6.92 Å². The van der Waals surface area contributed by atoms with E-state index in [0.29, 0.717) is 36.0 Å². The van der Waals surface area contributed by atoms with Crippen molar-refractivity contribution in [1.82, 2.24) is 9.62 Å². The number of nitrogens with zero attached hydrogens (tertiary/aromatic N) is 1. The molecule has 0 radical (unpaired) electrons. The first-order valence-electron chi connectivity index (χ1n) is 8.86. The molecular formula is C17H25Cl2N3O3S2. The van der Waals surface area contributed by atoms with Crippen LogP contribution in [0.3, 0.4) is 0 Å². The number of hydrogen-bond acceptors (Lipinski definition) is 5. The molecule has 1 amide bonds. The van der Waals surface area contributed by atoms with E-state index in [1.54, 1.807) is 17.0 Å². The normalized spacial score (nSPS) is 15.8. The summed E-state index contributed by atoms with van der Waals surface area (Å²) in [6.45, 7) is 3.21. The SMILES string of the molecule is CCc1cc(Cl)c(Cl)cc1NCC(=O)N1CCC(NS(=O)(=O)CCS)CC1. The third kappa shape index (κ3) is 6.71. The topological polar surface area (TPSA) is 78.5 Å². The molecule has 0 aromatic heterocycles. The van der Waals surface area contributed by atoms with Crippen LogP contribution in [0.2, 0.25) is 10.0 Å². The number of hydrogen-bond donors (Lipinski definition) is 3. The fraction of sp³-hybridized carbons (Fsp3) is 0.588. The van der Waals surface area contributed by atoms with E-state index >= 15 is 0 Å². The fourth-order valence-electron chi connectivity index (χ4n) is 3.01. The number of nitrogens with one attached hydrogen (secondary N) is 2. The number of halogens is 2. The van der Waals surface area contributed by atoms with Gasteiger partial charge in [0, 0.05) is 30.6 Å². The highest BCUT2D eigenvalue weighted by atomic mass is 35.5. The minimum Gasteiger partial charge on any atom is -0.376 e. The zero-order valence-electron chi connectivity index (χ0n) is 15.2. The van der Waals surface area contributed by atoms with E-state index < -0.39 is 10.0 Å². The van der Waals surface area contributed by atoms with Crippen LogP contribution in [0.4, 0.5) is 5.69 Å². The van der Waals surface area contributed by atoms with Crippen LogP contribution in [-0.4, -0.2) is 56.4 Å². The molecule has 27 heavy (non-hydrogen) atoms. The molecule has 1 heterocycles. The standard InChI is InChI=1S/C17H25Cl2N3O3S2/c1-2-12-9-14(18)15(19)10-16(12)20-11-17(23)22-5-3-13(4-6-22)21-27(24,25)8-7-26/h9-10,13,20-21,26H,2-8,11H2,1H3. The maximum atomic E-state index is 12.5. The lowest BCUT2D eigenvalue weighted by molar-refractivity contribution is -0.130. The van der Waals surface area contributed by atoms with Crippen molar-refractivity contribution in [2.24, 2.45) is 0 Å². The second kappa shape index (κ2) is 10.2. The first-order chi connectivity index (χ1) is 12.8. The lowest BCUT2D eigenvalue weighted by Crippen LogP contribution is -2.48. The second-order valence-corrected chi connectivity index (χ2v) is 9.58. The number of amides is 1. The Kier molecular flexibility index (Phi) is 8.55. The molecule has 0 unspecified atom stereocenters. The number of benzene rings is 1. The Hall–Kier alpha value is -0.670. The van der Waals surface area contributed by atoms with Crippen LogP contribution in [0, 0.1) is 0 Å². The van der Waals surface area contributed by atoms with Crippen LogP contribution in [0.1, 0.15) is 25.3 Å². The molecule has 0 bridgehead atoms. The van der Waals surface area contributed by atoms with Gasteiger partial charge < -0.3 is 10.2 Å². The predicted octanol–water partition coefficient (Wildman–Crippen LogP) is 2.81. The first-order valence-corrected chi connectivity index (χ1v) is 11.9. The highest BCUT2D eigenvalue weighted by Crippen LogP contribution is 2.29. The van der Waals surface area contributed by atoms with Gasteiger partial charge in [0.1, 0.15) is 0 Å². The van der Waals surface area contributed by atoms with Gasteiger partial charge in [0.05, 0.1) is 22.3 Å². The molecule has 2 rings (SSSR count). The number of aryl methyl sites for hydroxylation is 1. The quantitative estimate of drug-likeness (QED) is 0.528.